The molecule has 0 unspecified atom stereocenters. The second-order valence-corrected chi connectivity index (χ2v) is 13.6. The first-order chi connectivity index (χ1) is 22.8. The molecule has 284 valence electrons. The molecule has 0 aromatic carbocycles. The maximum atomic E-state index is 10.3. The summed E-state index contributed by atoms with van der Waals surface area (Å²) < 4.78 is 0. The summed E-state index contributed by atoms with van der Waals surface area (Å²) in [5.41, 5.74) is -1.11. The van der Waals surface area contributed by atoms with Crippen LogP contribution in [0, 0.1) is 5.41 Å². The number of rotatable bonds is 34. The molecule has 8 heteroatoms. The Morgan fingerprint density at radius 1 is 0.340 bits per heavy atom. The summed E-state index contributed by atoms with van der Waals surface area (Å²) in [6, 6.07) is 0. The summed E-state index contributed by atoms with van der Waals surface area (Å²) in [5, 5.41) is 51.0. The van der Waals surface area contributed by atoms with Crippen molar-refractivity contribution in [2.24, 2.45) is 5.41 Å². The molecule has 6 N–H and O–H groups in total. The maximum absolute atomic E-state index is 10.3. The first-order valence-corrected chi connectivity index (χ1v) is 19.7. The number of aliphatic hydroxyl groups is 4. The number of carboxylic acids is 2. The van der Waals surface area contributed by atoms with Gasteiger partial charge in [0.2, 0.25) is 0 Å². The molecule has 0 saturated heterocycles. The summed E-state index contributed by atoms with van der Waals surface area (Å²) in [6.45, 7) is 2.91. The minimum absolute atomic E-state index is 0.345. The van der Waals surface area contributed by atoms with E-state index in [1.54, 1.807) is 0 Å². The van der Waals surface area contributed by atoms with Crippen molar-refractivity contribution in [2.45, 2.75) is 206 Å². The van der Waals surface area contributed by atoms with E-state index in [1.807, 2.05) is 0 Å². The van der Waals surface area contributed by atoms with Crippen LogP contribution < -0.4 is 0 Å². The molecule has 0 spiro atoms. The Kier molecular flexibility index (Phi) is 45.7. The van der Waals surface area contributed by atoms with Gasteiger partial charge >= 0.3 is 11.9 Å². The van der Waals surface area contributed by atoms with Gasteiger partial charge in [-0.15, -0.1) is 0 Å². The molecular weight excluding hydrogens is 596 g/mol. The van der Waals surface area contributed by atoms with Gasteiger partial charge in [0, 0.05) is 12.8 Å². The van der Waals surface area contributed by atoms with Gasteiger partial charge in [0.15, 0.2) is 0 Å². The van der Waals surface area contributed by atoms with Crippen LogP contribution in [0.15, 0.2) is 0 Å². The van der Waals surface area contributed by atoms with Gasteiger partial charge in [0.05, 0.1) is 31.8 Å². The Bertz CT molecular complexity index is 592. The fourth-order valence-corrected chi connectivity index (χ4v) is 5.24. The lowest BCUT2D eigenvalue weighted by Crippen LogP contribution is -2.37. The lowest BCUT2D eigenvalue weighted by atomic mass is 9.93. The van der Waals surface area contributed by atoms with Crippen LogP contribution in [-0.2, 0) is 9.59 Å². The SMILES string of the molecule is CCCCCCCCCCCCCCCC(=O)O.CCCCCCCCCCCCCCCCCC(=O)O.OCC(CO)(CO)CO. The molecule has 0 aliphatic heterocycles. The van der Waals surface area contributed by atoms with Crippen LogP contribution in [0.1, 0.15) is 206 Å². The molecule has 0 rings (SSSR count). The number of aliphatic hydroxyl groups excluding tert-OH is 4. The minimum Gasteiger partial charge on any atom is -0.481 e. The average molecular weight is 677 g/mol. The van der Waals surface area contributed by atoms with Crippen molar-refractivity contribution in [3.63, 3.8) is 0 Å². The molecule has 0 amide bonds. The van der Waals surface area contributed by atoms with Gasteiger partial charge in [-0.3, -0.25) is 9.59 Å². The molecule has 0 aromatic heterocycles. The number of carbonyl (C=O) groups is 2. The zero-order valence-corrected chi connectivity index (χ0v) is 31.0. The molecule has 0 bridgehead atoms. The third-order valence-corrected chi connectivity index (χ3v) is 8.83. The van der Waals surface area contributed by atoms with Crippen molar-refractivity contribution in [3.8, 4) is 0 Å². The van der Waals surface area contributed by atoms with Crippen LogP contribution in [0.4, 0.5) is 0 Å². The zero-order chi connectivity index (χ0) is 35.7. The predicted octanol–water partition coefficient (Wildman–Crippen LogP) is 9.83. The second kappa shape index (κ2) is 42.8. The van der Waals surface area contributed by atoms with E-state index in [2.05, 4.69) is 13.8 Å². The van der Waals surface area contributed by atoms with E-state index in [4.69, 9.17) is 30.6 Å². The largest absolute Gasteiger partial charge is 0.481 e. The lowest BCUT2D eigenvalue weighted by Gasteiger charge is -2.23. The molecule has 0 atom stereocenters. The second-order valence-electron chi connectivity index (χ2n) is 13.6. The third kappa shape index (κ3) is 44.8. The normalized spacial score (nSPS) is 11.0. The summed E-state index contributed by atoms with van der Waals surface area (Å²) >= 11 is 0. The van der Waals surface area contributed by atoms with Crippen LogP contribution in [0.25, 0.3) is 0 Å². The van der Waals surface area contributed by atoms with Crippen LogP contribution >= 0.6 is 0 Å². The quantitative estimate of drug-likeness (QED) is 0.0368. The van der Waals surface area contributed by atoms with Crippen LogP contribution in [-0.4, -0.2) is 69.0 Å². The summed E-state index contributed by atoms with van der Waals surface area (Å²) in [5.74, 6) is -1.31. The van der Waals surface area contributed by atoms with Crippen molar-refractivity contribution in [3.05, 3.63) is 0 Å². The van der Waals surface area contributed by atoms with Crippen molar-refractivity contribution < 1.29 is 40.2 Å². The Labute approximate surface area is 290 Å². The number of unbranched alkanes of at least 4 members (excludes halogenated alkanes) is 26. The summed E-state index contributed by atoms with van der Waals surface area (Å²) in [7, 11) is 0. The molecule has 47 heavy (non-hydrogen) atoms. The third-order valence-electron chi connectivity index (χ3n) is 8.83. The van der Waals surface area contributed by atoms with Crippen LogP contribution in [0.5, 0.6) is 0 Å². The van der Waals surface area contributed by atoms with E-state index < -0.39 is 43.8 Å². The first kappa shape index (κ1) is 50.2. The van der Waals surface area contributed by atoms with E-state index in [0.29, 0.717) is 12.8 Å². The molecule has 8 nitrogen and oxygen atoms in total. The van der Waals surface area contributed by atoms with Gasteiger partial charge in [-0.25, -0.2) is 0 Å². The number of hydrogen-bond acceptors (Lipinski definition) is 6. The Hall–Kier alpha value is -1.22. The molecule has 0 aliphatic rings. The Morgan fingerprint density at radius 3 is 0.638 bits per heavy atom. The van der Waals surface area contributed by atoms with Crippen molar-refractivity contribution >= 4 is 11.9 Å². The smallest absolute Gasteiger partial charge is 0.303 e. The van der Waals surface area contributed by atoms with Gasteiger partial charge in [-0.1, -0.05) is 181 Å². The number of aliphatic carboxylic acids is 2. The van der Waals surface area contributed by atoms with Crippen LogP contribution in [0.2, 0.25) is 0 Å². The van der Waals surface area contributed by atoms with Gasteiger partial charge in [0.1, 0.15) is 0 Å². The van der Waals surface area contributed by atoms with Gasteiger partial charge in [-0.05, 0) is 12.8 Å². The highest BCUT2D eigenvalue weighted by molar-refractivity contribution is 5.66. The summed E-state index contributed by atoms with van der Waals surface area (Å²) in [4.78, 5) is 20.6. The molecule has 0 heterocycles. The van der Waals surface area contributed by atoms with Crippen molar-refractivity contribution in [2.75, 3.05) is 26.4 Å². The molecule has 0 aliphatic carbocycles. The molecule has 0 radical (unpaired) electrons. The maximum Gasteiger partial charge on any atom is 0.303 e. The van der Waals surface area contributed by atoms with Gasteiger partial charge in [-0.2, -0.15) is 0 Å². The lowest BCUT2D eigenvalue weighted by molar-refractivity contribution is -0.138. The fraction of sp³-hybridized carbons (Fsp3) is 0.949. The number of hydrogen-bond donors (Lipinski definition) is 6. The number of carboxylic acid groups (broad SMARTS) is 2. The van der Waals surface area contributed by atoms with E-state index in [0.717, 1.165) is 25.7 Å². The standard InChI is InChI=1S/C18H36O2.C16H32O2.C5H12O4/c1-2-3-4-5-6-7-8-9-10-11-12-13-14-15-16-17-18(19)20;1-2-3-4-5-6-7-8-9-10-11-12-13-14-15-16(17)18;6-1-5(2-7,3-8)4-9/h2-17H2,1H3,(H,19,20);2-15H2,1H3,(H,17,18);6-9H,1-4H2. The fourth-order valence-electron chi connectivity index (χ4n) is 5.24. The highest BCUT2D eigenvalue weighted by atomic mass is 16.4. The van der Waals surface area contributed by atoms with E-state index >= 15 is 0 Å². The highest BCUT2D eigenvalue weighted by Gasteiger charge is 2.26. The van der Waals surface area contributed by atoms with E-state index in [1.165, 1.54) is 154 Å². The monoisotopic (exact) mass is 677 g/mol. The Morgan fingerprint density at radius 2 is 0.511 bits per heavy atom. The minimum atomic E-state index is -1.11. The molecular formula is C39H80O8. The van der Waals surface area contributed by atoms with Gasteiger partial charge < -0.3 is 30.6 Å². The van der Waals surface area contributed by atoms with Gasteiger partial charge in [0.25, 0.3) is 0 Å². The van der Waals surface area contributed by atoms with Crippen molar-refractivity contribution in [1.82, 2.24) is 0 Å². The van der Waals surface area contributed by atoms with E-state index in [-0.39, 0.29) is 0 Å². The highest BCUT2D eigenvalue weighted by Crippen LogP contribution is 2.15. The summed E-state index contributed by atoms with van der Waals surface area (Å²) in [6.07, 6.45) is 37.5. The Balaban J connectivity index is -0.000000660. The van der Waals surface area contributed by atoms with Crippen LogP contribution in [0.3, 0.4) is 0 Å². The van der Waals surface area contributed by atoms with Crippen molar-refractivity contribution in [1.29, 1.82) is 0 Å². The zero-order valence-electron chi connectivity index (χ0n) is 31.0. The van der Waals surface area contributed by atoms with E-state index in [9.17, 15) is 9.59 Å². The molecule has 0 aromatic rings. The molecule has 0 fully saturated rings. The molecule has 0 saturated carbocycles. The average Bonchev–Trinajstić information content (AvgIpc) is 3.07. The topological polar surface area (TPSA) is 156 Å². The predicted molar refractivity (Wildman–Crippen MR) is 196 cm³/mol. The first-order valence-electron chi connectivity index (χ1n) is 19.7.